The predicted octanol–water partition coefficient (Wildman–Crippen LogP) is 2.36. The molecule has 0 bridgehead atoms. The lowest BCUT2D eigenvalue weighted by molar-refractivity contribution is 0.199. The monoisotopic (exact) mass is 233 g/mol. The maximum absolute atomic E-state index is 5.93. The van der Waals surface area contributed by atoms with E-state index < -0.39 is 0 Å². The maximum atomic E-state index is 5.93. The van der Waals surface area contributed by atoms with E-state index in [0.29, 0.717) is 10.9 Å². The van der Waals surface area contributed by atoms with Gasteiger partial charge in [-0.25, -0.2) is 0 Å². The zero-order chi connectivity index (χ0) is 9.10. The predicted molar refractivity (Wildman–Crippen MR) is 60.6 cm³/mol. The van der Waals surface area contributed by atoms with Crippen LogP contribution in [0.5, 0.6) is 5.75 Å². The Morgan fingerprint density at radius 1 is 1.36 bits per heavy atom. The maximum Gasteiger partial charge on any atom is 0.137 e. The Hall–Kier alpha value is -0.440. The van der Waals surface area contributed by atoms with Gasteiger partial charge in [-0.15, -0.1) is 12.4 Å². The smallest absolute Gasteiger partial charge is 0.137 e. The van der Waals surface area contributed by atoms with Gasteiger partial charge in [0.05, 0.1) is 11.6 Å². The van der Waals surface area contributed by atoms with E-state index in [1.807, 2.05) is 24.3 Å². The summed E-state index contributed by atoms with van der Waals surface area (Å²) >= 11 is 5.93. The van der Waals surface area contributed by atoms with E-state index in [2.05, 4.69) is 5.32 Å². The molecule has 1 N–H and O–H groups in total. The molecular formula is C10H13Cl2NO. The van der Waals surface area contributed by atoms with Gasteiger partial charge in [0.15, 0.2) is 0 Å². The molecule has 0 radical (unpaired) electrons. The molecule has 1 aliphatic rings. The fourth-order valence-electron chi connectivity index (χ4n) is 1.24. The number of para-hydroxylation sites is 1. The van der Waals surface area contributed by atoms with Gasteiger partial charge in [0, 0.05) is 19.0 Å². The quantitative estimate of drug-likeness (QED) is 0.866. The Balaban J connectivity index is 0.000000980. The van der Waals surface area contributed by atoms with Crippen molar-refractivity contribution in [2.75, 3.05) is 19.7 Å². The molecule has 14 heavy (non-hydrogen) atoms. The van der Waals surface area contributed by atoms with Crippen LogP contribution in [0.2, 0.25) is 5.02 Å². The highest BCUT2D eigenvalue weighted by Gasteiger charge is 2.17. The van der Waals surface area contributed by atoms with Crippen molar-refractivity contribution < 1.29 is 4.74 Å². The molecule has 1 heterocycles. The molecule has 4 heteroatoms. The minimum Gasteiger partial charge on any atom is -0.492 e. The van der Waals surface area contributed by atoms with E-state index in [4.69, 9.17) is 16.3 Å². The van der Waals surface area contributed by atoms with Gasteiger partial charge in [0.25, 0.3) is 0 Å². The molecular weight excluding hydrogens is 221 g/mol. The SMILES string of the molecule is Cl.Clc1ccccc1OCC1CNC1. The number of nitrogens with one attached hydrogen (secondary N) is 1. The van der Waals surface area contributed by atoms with Crippen molar-refractivity contribution in [2.24, 2.45) is 5.92 Å². The molecule has 1 saturated heterocycles. The van der Waals surface area contributed by atoms with Gasteiger partial charge in [-0.1, -0.05) is 23.7 Å². The molecule has 0 aromatic heterocycles. The summed E-state index contributed by atoms with van der Waals surface area (Å²) in [5, 5.41) is 3.89. The highest BCUT2D eigenvalue weighted by molar-refractivity contribution is 6.32. The van der Waals surface area contributed by atoms with Crippen LogP contribution in [0.25, 0.3) is 0 Å². The summed E-state index contributed by atoms with van der Waals surface area (Å²) in [5.41, 5.74) is 0. The molecule has 1 aromatic carbocycles. The Labute approximate surface area is 95.0 Å². The summed E-state index contributed by atoms with van der Waals surface area (Å²) in [5.74, 6) is 1.44. The molecule has 0 aliphatic carbocycles. The van der Waals surface area contributed by atoms with Gasteiger partial charge in [-0.2, -0.15) is 0 Å². The zero-order valence-electron chi connectivity index (χ0n) is 7.70. The second-order valence-electron chi connectivity index (χ2n) is 3.27. The normalized spacial score (nSPS) is 15.5. The molecule has 78 valence electrons. The summed E-state index contributed by atoms with van der Waals surface area (Å²) in [6.07, 6.45) is 0. The van der Waals surface area contributed by atoms with Crippen LogP contribution in [-0.4, -0.2) is 19.7 Å². The van der Waals surface area contributed by atoms with Gasteiger partial charge in [0.2, 0.25) is 0 Å². The van der Waals surface area contributed by atoms with Gasteiger partial charge < -0.3 is 10.1 Å². The first kappa shape index (κ1) is 11.6. The van der Waals surface area contributed by atoms with Gasteiger partial charge in [0.1, 0.15) is 5.75 Å². The van der Waals surface area contributed by atoms with E-state index in [9.17, 15) is 0 Å². The zero-order valence-corrected chi connectivity index (χ0v) is 9.27. The number of benzene rings is 1. The van der Waals surface area contributed by atoms with E-state index in [-0.39, 0.29) is 12.4 Å². The summed E-state index contributed by atoms with van der Waals surface area (Å²) in [6, 6.07) is 7.57. The fourth-order valence-corrected chi connectivity index (χ4v) is 1.43. The van der Waals surface area contributed by atoms with Crippen LogP contribution in [0.4, 0.5) is 0 Å². The standard InChI is InChI=1S/C10H12ClNO.ClH/c11-9-3-1-2-4-10(9)13-7-8-5-12-6-8;/h1-4,8,12H,5-7H2;1H. The van der Waals surface area contributed by atoms with Crippen molar-refractivity contribution in [3.05, 3.63) is 29.3 Å². The Kier molecular flexibility index (Phi) is 4.52. The van der Waals surface area contributed by atoms with E-state index in [1.165, 1.54) is 0 Å². The van der Waals surface area contributed by atoms with Crippen molar-refractivity contribution in [1.82, 2.24) is 5.32 Å². The molecule has 2 rings (SSSR count). The van der Waals surface area contributed by atoms with Gasteiger partial charge in [-0.05, 0) is 12.1 Å². The summed E-state index contributed by atoms with van der Waals surface area (Å²) < 4.78 is 5.57. The van der Waals surface area contributed by atoms with E-state index in [0.717, 1.165) is 25.4 Å². The minimum absolute atomic E-state index is 0. The van der Waals surface area contributed by atoms with Crippen molar-refractivity contribution in [2.45, 2.75) is 0 Å². The fraction of sp³-hybridized carbons (Fsp3) is 0.400. The topological polar surface area (TPSA) is 21.3 Å². The van der Waals surface area contributed by atoms with Crippen LogP contribution < -0.4 is 10.1 Å². The third-order valence-corrected chi connectivity index (χ3v) is 2.49. The van der Waals surface area contributed by atoms with Gasteiger partial charge >= 0.3 is 0 Å². The largest absolute Gasteiger partial charge is 0.492 e. The summed E-state index contributed by atoms with van der Waals surface area (Å²) in [7, 11) is 0. The summed E-state index contributed by atoms with van der Waals surface area (Å²) in [4.78, 5) is 0. The van der Waals surface area contributed by atoms with Crippen LogP contribution in [0.15, 0.2) is 24.3 Å². The molecule has 2 nitrogen and oxygen atoms in total. The first-order chi connectivity index (χ1) is 6.36. The Bertz CT molecular complexity index is 289. The lowest BCUT2D eigenvalue weighted by atomic mass is 10.1. The highest BCUT2D eigenvalue weighted by atomic mass is 35.5. The van der Waals surface area contributed by atoms with Crippen LogP contribution in [0.1, 0.15) is 0 Å². The molecule has 0 atom stereocenters. The third kappa shape index (κ3) is 2.77. The Morgan fingerprint density at radius 2 is 2.07 bits per heavy atom. The van der Waals surface area contributed by atoms with E-state index in [1.54, 1.807) is 0 Å². The van der Waals surface area contributed by atoms with Crippen molar-refractivity contribution in [3.8, 4) is 5.75 Å². The van der Waals surface area contributed by atoms with Crippen LogP contribution in [-0.2, 0) is 0 Å². The number of hydrogen-bond acceptors (Lipinski definition) is 2. The Morgan fingerprint density at radius 3 is 2.64 bits per heavy atom. The van der Waals surface area contributed by atoms with Crippen LogP contribution >= 0.6 is 24.0 Å². The average Bonchev–Trinajstić information content (AvgIpc) is 2.05. The first-order valence-electron chi connectivity index (χ1n) is 4.44. The van der Waals surface area contributed by atoms with Crippen LogP contribution in [0, 0.1) is 5.92 Å². The molecule has 0 unspecified atom stereocenters. The number of ether oxygens (including phenoxy) is 1. The first-order valence-corrected chi connectivity index (χ1v) is 4.82. The molecule has 0 amide bonds. The van der Waals surface area contributed by atoms with Crippen molar-refractivity contribution in [1.29, 1.82) is 0 Å². The van der Waals surface area contributed by atoms with Crippen LogP contribution in [0.3, 0.4) is 0 Å². The molecule has 1 aliphatic heterocycles. The number of hydrogen-bond donors (Lipinski definition) is 1. The lowest BCUT2D eigenvalue weighted by Gasteiger charge is -2.26. The van der Waals surface area contributed by atoms with E-state index >= 15 is 0 Å². The number of rotatable bonds is 3. The van der Waals surface area contributed by atoms with Gasteiger partial charge in [-0.3, -0.25) is 0 Å². The number of halogens is 2. The van der Waals surface area contributed by atoms with Crippen molar-refractivity contribution >= 4 is 24.0 Å². The summed E-state index contributed by atoms with van der Waals surface area (Å²) in [6.45, 7) is 2.88. The van der Waals surface area contributed by atoms with Crippen molar-refractivity contribution in [3.63, 3.8) is 0 Å². The molecule has 0 saturated carbocycles. The minimum atomic E-state index is 0. The third-order valence-electron chi connectivity index (χ3n) is 2.18. The average molecular weight is 234 g/mol. The molecule has 0 spiro atoms. The second kappa shape index (κ2) is 5.44. The molecule has 1 aromatic rings. The molecule has 1 fully saturated rings. The second-order valence-corrected chi connectivity index (χ2v) is 3.67. The lowest BCUT2D eigenvalue weighted by Crippen LogP contribution is -2.45. The highest BCUT2D eigenvalue weighted by Crippen LogP contribution is 2.23.